The van der Waals surface area contributed by atoms with Crippen molar-refractivity contribution < 1.29 is 4.74 Å². The van der Waals surface area contributed by atoms with Crippen molar-refractivity contribution in [3.8, 4) is 11.3 Å². The van der Waals surface area contributed by atoms with Crippen molar-refractivity contribution in [2.45, 2.75) is 6.54 Å². The van der Waals surface area contributed by atoms with Crippen LogP contribution < -0.4 is 11.2 Å². The van der Waals surface area contributed by atoms with Gasteiger partial charge in [-0.05, 0) is 11.4 Å². The van der Waals surface area contributed by atoms with Gasteiger partial charge in [0.2, 0.25) is 0 Å². The SMILES string of the molecule is COCCn1c(-c2ccsc2)cc(=O)[nH]c1=O. The lowest BCUT2D eigenvalue weighted by Crippen LogP contribution is -2.31. The van der Waals surface area contributed by atoms with Gasteiger partial charge in [-0.15, -0.1) is 0 Å². The van der Waals surface area contributed by atoms with Crippen LogP contribution in [-0.4, -0.2) is 23.3 Å². The van der Waals surface area contributed by atoms with Crippen LogP contribution in [0.4, 0.5) is 0 Å². The maximum atomic E-state index is 11.7. The standard InChI is InChI=1S/C11H12N2O3S/c1-16-4-3-13-9(8-2-5-17-7-8)6-10(14)12-11(13)15/h2,5-7H,3-4H2,1H3,(H,12,14,15). The summed E-state index contributed by atoms with van der Waals surface area (Å²) in [4.78, 5) is 25.3. The molecule has 0 saturated carbocycles. The van der Waals surface area contributed by atoms with Crippen molar-refractivity contribution in [1.82, 2.24) is 9.55 Å². The Hall–Kier alpha value is -1.66. The van der Waals surface area contributed by atoms with E-state index >= 15 is 0 Å². The molecule has 0 radical (unpaired) electrons. The van der Waals surface area contributed by atoms with Crippen molar-refractivity contribution in [3.63, 3.8) is 0 Å². The highest BCUT2D eigenvalue weighted by Gasteiger charge is 2.08. The number of thiophene rings is 1. The first-order chi connectivity index (χ1) is 8.22. The van der Waals surface area contributed by atoms with Crippen LogP contribution in [0, 0.1) is 0 Å². The molecular weight excluding hydrogens is 240 g/mol. The Kier molecular flexibility index (Phi) is 3.55. The lowest BCUT2D eigenvalue weighted by Gasteiger charge is -2.10. The van der Waals surface area contributed by atoms with Crippen LogP contribution in [0.25, 0.3) is 11.3 Å². The second kappa shape index (κ2) is 5.11. The maximum absolute atomic E-state index is 11.7. The fourth-order valence-electron chi connectivity index (χ4n) is 1.57. The molecule has 0 atom stereocenters. The summed E-state index contributed by atoms with van der Waals surface area (Å²) < 4.78 is 6.46. The van der Waals surface area contributed by atoms with Gasteiger partial charge in [-0.1, -0.05) is 0 Å². The third-order valence-corrected chi connectivity index (χ3v) is 3.05. The number of rotatable bonds is 4. The van der Waals surface area contributed by atoms with Crippen molar-refractivity contribution >= 4 is 11.3 Å². The molecule has 0 fully saturated rings. The highest BCUT2D eigenvalue weighted by molar-refractivity contribution is 7.08. The van der Waals surface area contributed by atoms with E-state index in [1.807, 2.05) is 16.8 Å². The number of nitrogens with zero attached hydrogens (tertiary/aromatic N) is 1. The summed E-state index contributed by atoms with van der Waals surface area (Å²) in [5.41, 5.74) is 0.701. The largest absolute Gasteiger partial charge is 0.383 e. The first-order valence-electron chi connectivity index (χ1n) is 5.08. The second-order valence-corrected chi connectivity index (χ2v) is 4.26. The van der Waals surface area contributed by atoms with Crippen LogP contribution in [0.1, 0.15) is 0 Å². The van der Waals surface area contributed by atoms with Crippen molar-refractivity contribution in [2.24, 2.45) is 0 Å². The molecule has 0 spiro atoms. The van der Waals surface area contributed by atoms with Crippen molar-refractivity contribution in [3.05, 3.63) is 43.7 Å². The number of hydrogen-bond donors (Lipinski definition) is 1. The molecule has 0 aromatic carbocycles. The molecule has 0 unspecified atom stereocenters. The third-order valence-electron chi connectivity index (χ3n) is 2.37. The van der Waals surface area contributed by atoms with E-state index in [1.54, 1.807) is 7.11 Å². The van der Waals surface area contributed by atoms with Gasteiger partial charge in [0.1, 0.15) is 0 Å². The zero-order valence-electron chi connectivity index (χ0n) is 9.30. The second-order valence-electron chi connectivity index (χ2n) is 3.48. The predicted molar refractivity (Wildman–Crippen MR) is 66.5 cm³/mol. The fourth-order valence-corrected chi connectivity index (χ4v) is 2.22. The fraction of sp³-hybridized carbons (Fsp3) is 0.273. The molecule has 0 aliphatic carbocycles. The molecule has 17 heavy (non-hydrogen) atoms. The van der Waals surface area contributed by atoms with Gasteiger partial charge >= 0.3 is 5.69 Å². The minimum absolute atomic E-state index is 0.384. The Morgan fingerprint density at radius 1 is 1.47 bits per heavy atom. The van der Waals surface area contributed by atoms with E-state index in [0.717, 1.165) is 5.56 Å². The van der Waals surface area contributed by atoms with Crippen LogP contribution in [0.2, 0.25) is 0 Å². The van der Waals surface area contributed by atoms with E-state index in [9.17, 15) is 9.59 Å². The summed E-state index contributed by atoms with van der Waals surface area (Å²) in [7, 11) is 1.57. The molecule has 2 aromatic heterocycles. The molecule has 90 valence electrons. The highest BCUT2D eigenvalue weighted by atomic mass is 32.1. The smallest absolute Gasteiger partial charge is 0.328 e. The van der Waals surface area contributed by atoms with Gasteiger partial charge < -0.3 is 4.74 Å². The molecule has 6 heteroatoms. The van der Waals surface area contributed by atoms with Crippen LogP contribution in [-0.2, 0) is 11.3 Å². The number of aromatic amines is 1. The Balaban J connectivity index is 2.56. The monoisotopic (exact) mass is 252 g/mol. The van der Waals surface area contributed by atoms with E-state index < -0.39 is 5.69 Å². The number of H-pyrrole nitrogens is 1. The molecule has 2 aromatic rings. The third kappa shape index (κ3) is 2.54. The minimum Gasteiger partial charge on any atom is -0.383 e. The number of nitrogens with one attached hydrogen (secondary N) is 1. The Morgan fingerprint density at radius 3 is 2.94 bits per heavy atom. The van der Waals surface area contributed by atoms with E-state index in [-0.39, 0.29) is 5.56 Å². The molecule has 2 rings (SSSR count). The normalized spacial score (nSPS) is 10.6. The maximum Gasteiger partial charge on any atom is 0.328 e. The van der Waals surface area contributed by atoms with Gasteiger partial charge in [-0.2, -0.15) is 11.3 Å². The average Bonchev–Trinajstić information content (AvgIpc) is 2.80. The Morgan fingerprint density at radius 2 is 2.29 bits per heavy atom. The molecular formula is C11H12N2O3S. The molecule has 0 amide bonds. The molecule has 0 bridgehead atoms. The topological polar surface area (TPSA) is 64.1 Å². The lowest BCUT2D eigenvalue weighted by atomic mass is 10.2. The van der Waals surface area contributed by atoms with Gasteiger partial charge in [0.15, 0.2) is 0 Å². The summed E-state index contributed by atoms with van der Waals surface area (Å²) in [6.45, 7) is 0.834. The molecule has 1 N–H and O–H groups in total. The zero-order chi connectivity index (χ0) is 12.3. The van der Waals surface area contributed by atoms with E-state index in [4.69, 9.17) is 4.74 Å². The average molecular weight is 252 g/mol. The van der Waals surface area contributed by atoms with Gasteiger partial charge in [0, 0.05) is 24.1 Å². The molecule has 2 heterocycles. The number of aromatic nitrogens is 2. The van der Waals surface area contributed by atoms with Gasteiger partial charge in [-0.25, -0.2) is 4.79 Å². The Bertz CT molecular complexity index is 598. The van der Waals surface area contributed by atoms with Crippen LogP contribution in [0.5, 0.6) is 0 Å². The highest BCUT2D eigenvalue weighted by Crippen LogP contribution is 2.19. The quantitative estimate of drug-likeness (QED) is 0.879. The lowest BCUT2D eigenvalue weighted by molar-refractivity contribution is 0.186. The minimum atomic E-state index is -0.407. The van der Waals surface area contributed by atoms with Gasteiger partial charge in [-0.3, -0.25) is 14.3 Å². The number of ether oxygens (including phenoxy) is 1. The number of hydrogen-bond acceptors (Lipinski definition) is 4. The zero-order valence-corrected chi connectivity index (χ0v) is 10.1. The van der Waals surface area contributed by atoms with Crippen molar-refractivity contribution in [1.29, 1.82) is 0 Å². The molecule has 5 nitrogen and oxygen atoms in total. The summed E-state index contributed by atoms with van der Waals surface area (Å²) in [6.07, 6.45) is 0. The van der Waals surface area contributed by atoms with E-state index in [0.29, 0.717) is 18.8 Å². The van der Waals surface area contributed by atoms with Crippen LogP contribution in [0.15, 0.2) is 32.5 Å². The Labute approximate surface area is 101 Å². The molecule has 0 saturated heterocycles. The van der Waals surface area contributed by atoms with Crippen LogP contribution >= 0.6 is 11.3 Å². The first-order valence-corrected chi connectivity index (χ1v) is 6.02. The summed E-state index contributed by atoms with van der Waals surface area (Å²) in [5.74, 6) is 0. The molecule has 0 aliphatic rings. The summed E-state index contributed by atoms with van der Waals surface area (Å²) >= 11 is 1.52. The van der Waals surface area contributed by atoms with E-state index in [1.165, 1.54) is 22.0 Å². The summed E-state index contributed by atoms with van der Waals surface area (Å²) in [5, 5.41) is 3.80. The van der Waals surface area contributed by atoms with Crippen LogP contribution in [0.3, 0.4) is 0 Å². The predicted octanol–water partition coefficient (Wildman–Crippen LogP) is 0.911. The van der Waals surface area contributed by atoms with Crippen molar-refractivity contribution in [2.75, 3.05) is 13.7 Å². The first kappa shape index (κ1) is 11.8. The van der Waals surface area contributed by atoms with E-state index in [2.05, 4.69) is 4.98 Å². The summed E-state index contributed by atoms with van der Waals surface area (Å²) in [6, 6.07) is 3.31. The van der Waals surface area contributed by atoms with Gasteiger partial charge in [0.25, 0.3) is 5.56 Å². The number of methoxy groups -OCH3 is 1. The molecule has 0 aliphatic heterocycles. The van der Waals surface area contributed by atoms with Gasteiger partial charge in [0.05, 0.1) is 18.8 Å².